The van der Waals surface area contributed by atoms with Crippen molar-refractivity contribution in [1.29, 1.82) is 0 Å². The Morgan fingerprint density at radius 1 is 1.47 bits per heavy atom. The molecule has 15 heavy (non-hydrogen) atoms. The number of nitrogens with two attached hydrogens (primary N) is 1. The third kappa shape index (κ3) is 2.38. The number of aromatic nitrogens is 2. The molecule has 0 radical (unpaired) electrons. The molecule has 5 nitrogen and oxygen atoms in total. The van der Waals surface area contributed by atoms with Gasteiger partial charge in [0.25, 0.3) is 0 Å². The molecule has 84 valence electrons. The summed E-state index contributed by atoms with van der Waals surface area (Å²) in [6, 6.07) is 0. The Morgan fingerprint density at radius 3 is 2.73 bits per heavy atom. The highest BCUT2D eigenvalue weighted by Crippen LogP contribution is 2.37. The van der Waals surface area contributed by atoms with Gasteiger partial charge < -0.3 is 16.2 Å². The largest absolute Gasteiger partial charge is 0.396 e. The number of nitrogen functional groups attached to an aromatic ring is 1. The Morgan fingerprint density at radius 2 is 2.20 bits per heavy atom. The zero-order valence-electron chi connectivity index (χ0n) is 8.57. The number of rotatable bonds is 4. The van der Waals surface area contributed by atoms with Crippen molar-refractivity contribution in [2.24, 2.45) is 5.41 Å². The minimum Gasteiger partial charge on any atom is -0.396 e. The molecule has 1 aromatic heterocycles. The summed E-state index contributed by atoms with van der Waals surface area (Å²) in [5.74, 6) is 0.312. The standard InChI is InChI=1S/C9H16N4OS/c10-7-12-8(15-13-7)11-5-9(6-14)3-1-2-4-9/h14H,1-6H2,(H3,10,11,12,13). The number of anilines is 2. The van der Waals surface area contributed by atoms with Crippen LogP contribution in [0.5, 0.6) is 0 Å². The smallest absolute Gasteiger partial charge is 0.233 e. The molecule has 1 heterocycles. The lowest BCUT2D eigenvalue weighted by Crippen LogP contribution is -2.30. The van der Waals surface area contributed by atoms with E-state index < -0.39 is 0 Å². The van der Waals surface area contributed by atoms with Crippen molar-refractivity contribution in [3.8, 4) is 0 Å². The van der Waals surface area contributed by atoms with Crippen molar-refractivity contribution in [2.45, 2.75) is 25.7 Å². The molecular weight excluding hydrogens is 212 g/mol. The maximum Gasteiger partial charge on any atom is 0.233 e. The molecule has 1 aromatic rings. The van der Waals surface area contributed by atoms with Crippen molar-refractivity contribution < 1.29 is 5.11 Å². The summed E-state index contributed by atoms with van der Waals surface area (Å²) in [5, 5.41) is 13.3. The molecule has 0 saturated heterocycles. The van der Waals surface area contributed by atoms with E-state index in [1.165, 1.54) is 24.4 Å². The van der Waals surface area contributed by atoms with E-state index in [1.54, 1.807) is 0 Å². The summed E-state index contributed by atoms with van der Waals surface area (Å²) in [4.78, 5) is 4.03. The van der Waals surface area contributed by atoms with Gasteiger partial charge in [-0.15, -0.1) is 0 Å². The molecule has 0 bridgehead atoms. The Hall–Kier alpha value is -0.880. The molecular formula is C9H16N4OS. The molecule has 0 amide bonds. The quantitative estimate of drug-likeness (QED) is 0.718. The van der Waals surface area contributed by atoms with Gasteiger partial charge in [-0.3, -0.25) is 0 Å². The zero-order chi connectivity index (χ0) is 10.7. The maximum absolute atomic E-state index is 9.40. The summed E-state index contributed by atoms with van der Waals surface area (Å²) >= 11 is 1.26. The van der Waals surface area contributed by atoms with Crippen molar-refractivity contribution in [3.63, 3.8) is 0 Å². The Balaban J connectivity index is 1.91. The van der Waals surface area contributed by atoms with Crippen LogP contribution in [0.25, 0.3) is 0 Å². The summed E-state index contributed by atoms with van der Waals surface area (Å²) in [6.45, 7) is 1.01. The number of aliphatic hydroxyl groups is 1. The molecule has 1 saturated carbocycles. The highest BCUT2D eigenvalue weighted by atomic mass is 32.1. The second-order valence-corrected chi connectivity index (χ2v) is 4.93. The highest BCUT2D eigenvalue weighted by Gasteiger charge is 2.33. The van der Waals surface area contributed by atoms with E-state index in [4.69, 9.17) is 5.73 Å². The minimum absolute atomic E-state index is 0.0421. The number of aliphatic hydroxyl groups excluding tert-OH is 1. The molecule has 0 aromatic carbocycles. The van der Waals surface area contributed by atoms with E-state index in [9.17, 15) is 5.11 Å². The van der Waals surface area contributed by atoms with Gasteiger partial charge in [-0.05, 0) is 12.8 Å². The first-order valence-electron chi connectivity index (χ1n) is 5.18. The predicted octanol–water partition coefficient (Wildman–Crippen LogP) is 1.08. The monoisotopic (exact) mass is 228 g/mol. The average molecular weight is 228 g/mol. The lowest BCUT2D eigenvalue weighted by atomic mass is 9.87. The first kappa shape index (κ1) is 10.6. The van der Waals surface area contributed by atoms with Crippen LogP contribution in [0.3, 0.4) is 0 Å². The highest BCUT2D eigenvalue weighted by molar-refractivity contribution is 7.09. The maximum atomic E-state index is 9.40. The first-order chi connectivity index (χ1) is 7.24. The number of hydrogen-bond acceptors (Lipinski definition) is 6. The van der Waals surface area contributed by atoms with E-state index in [1.807, 2.05) is 0 Å². The molecule has 1 fully saturated rings. The molecule has 4 N–H and O–H groups in total. The van der Waals surface area contributed by atoms with E-state index in [2.05, 4.69) is 14.7 Å². The van der Waals surface area contributed by atoms with Crippen LogP contribution in [0.2, 0.25) is 0 Å². The summed E-state index contributed by atoms with van der Waals surface area (Å²) < 4.78 is 3.89. The van der Waals surface area contributed by atoms with Crippen LogP contribution >= 0.6 is 11.5 Å². The topological polar surface area (TPSA) is 84.1 Å². The second-order valence-electron chi connectivity index (χ2n) is 4.18. The van der Waals surface area contributed by atoms with Gasteiger partial charge in [0.05, 0.1) is 6.61 Å². The van der Waals surface area contributed by atoms with Crippen LogP contribution in [0.15, 0.2) is 0 Å². The summed E-state index contributed by atoms with van der Waals surface area (Å²) in [6.07, 6.45) is 4.59. The van der Waals surface area contributed by atoms with Crippen molar-refractivity contribution in [1.82, 2.24) is 9.36 Å². The molecule has 0 unspecified atom stereocenters. The fourth-order valence-electron chi connectivity index (χ4n) is 2.09. The van der Waals surface area contributed by atoms with Crippen LogP contribution < -0.4 is 11.1 Å². The third-order valence-corrected chi connectivity index (χ3v) is 3.74. The second kappa shape index (κ2) is 4.32. The normalized spacial score (nSPS) is 19.3. The van der Waals surface area contributed by atoms with Gasteiger partial charge in [-0.1, -0.05) is 12.8 Å². The van der Waals surface area contributed by atoms with Crippen molar-refractivity contribution >= 4 is 22.6 Å². The van der Waals surface area contributed by atoms with Crippen LogP contribution in [-0.2, 0) is 0 Å². The summed E-state index contributed by atoms with van der Waals surface area (Å²) in [7, 11) is 0. The molecule has 2 rings (SSSR count). The predicted molar refractivity (Wildman–Crippen MR) is 60.8 cm³/mol. The summed E-state index contributed by atoms with van der Waals surface area (Å²) in [5.41, 5.74) is 5.47. The molecule has 1 aliphatic rings. The van der Waals surface area contributed by atoms with Gasteiger partial charge in [0.15, 0.2) is 0 Å². The minimum atomic E-state index is 0.0421. The van der Waals surface area contributed by atoms with Crippen LogP contribution in [0, 0.1) is 5.41 Å². The van der Waals surface area contributed by atoms with Crippen LogP contribution in [0.1, 0.15) is 25.7 Å². The molecule has 0 aliphatic heterocycles. The van der Waals surface area contributed by atoms with Crippen molar-refractivity contribution in [2.75, 3.05) is 24.2 Å². The van der Waals surface area contributed by atoms with Gasteiger partial charge in [0, 0.05) is 23.5 Å². The van der Waals surface area contributed by atoms with Gasteiger partial charge in [-0.25, -0.2) is 0 Å². The van der Waals surface area contributed by atoms with Crippen LogP contribution in [-0.4, -0.2) is 27.6 Å². The Labute approximate surface area is 92.9 Å². The van der Waals surface area contributed by atoms with E-state index in [-0.39, 0.29) is 12.0 Å². The van der Waals surface area contributed by atoms with Crippen molar-refractivity contribution in [3.05, 3.63) is 0 Å². The Bertz CT molecular complexity index is 322. The lowest BCUT2D eigenvalue weighted by Gasteiger charge is -2.26. The Kier molecular flexibility index (Phi) is 3.06. The lowest BCUT2D eigenvalue weighted by molar-refractivity contribution is 0.142. The number of hydrogen-bond donors (Lipinski definition) is 3. The molecule has 0 spiro atoms. The number of nitrogens with zero attached hydrogens (tertiary/aromatic N) is 2. The van der Waals surface area contributed by atoms with Crippen LogP contribution in [0.4, 0.5) is 11.1 Å². The fourth-order valence-corrected chi connectivity index (χ4v) is 2.58. The first-order valence-corrected chi connectivity index (χ1v) is 5.95. The third-order valence-electron chi connectivity index (χ3n) is 3.06. The molecule has 0 atom stereocenters. The van der Waals surface area contributed by atoms with Gasteiger partial charge in [-0.2, -0.15) is 9.36 Å². The molecule has 6 heteroatoms. The van der Waals surface area contributed by atoms with Gasteiger partial charge in [0.2, 0.25) is 11.1 Å². The van der Waals surface area contributed by atoms with E-state index in [0.717, 1.165) is 24.5 Å². The number of nitrogens with one attached hydrogen (secondary N) is 1. The average Bonchev–Trinajstić information content (AvgIpc) is 2.85. The SMILES string of the molecule is Nc1nsc(NCC2(CO)CCCC2)n1. The van der Waals surface area contributed by atoms with Gasteiger partial charge in [0.1, 0.15) is 0 Å². The van der Waals surface area contributed by atoms with E-state index in [0.29, 0.717) is 5.95 Å². The van der Waals surface area contributed by atoms with Gasteiger partial charge >= 0.3 is 0 Å². The van der Waals surface area contributed by atoms with E-state index >= 15 is 0 Å². The molecule has 1 aliphatic carbocycles. The zero-order valence-corrected chi connectivity index (χ0v) is 9.39. The fraction of sp³-hybridized carbons (Fsp3) is 0.778.